The zero-order valence-corrected chi connectivity index (χ0v) is 13.4. The van der Waals surface area contributed by atoms with Crippen LogP contribution in [0.1, 0.15) is 22.6 Å². The molecule has 0 fully saturated rings. The first kappa shape index (κ1) is 15.5. The smallest absolute Gasteiger partial charge is 0.267 e. The average molecular weight is 325 g/mol. The van der Waals surface area contributed by atoms with Crippen molar-refractivity contribution in [2.75, 3.05) is 4.72 Å². The average Bonchev–Trinajstić information content (AvgIpc) is 2.71. The number of nitrogens with zero attached hydrogens (tertiary/aromatic N) is 1. The highest BCUT2D eigenvalue weighted by atomic mass is 32.2. The van der Waals surface area contributed by atoms with Gasteiger partial charge >= 0.3 is 0 Å². The number of nitrogens with one attached hydrogen (secondary N) is 1. The minimum Gasteiger partial charge on any atom is -0.389 e. The molecule has 0 aliphatic rings. The molecule has 0 atom stereocenters. The Balaban J connectivity index is 2.46. The maximum Gasteiger partial charge on any atom is 0.267 e. The lowest BCUT2D eigenvalue weighted by Gasteiger charge is -2.11. The Morgan fingerprint density at radius 2 is 2.00 bits per heavy atom. The van der Waals surface area contributed by atoms with Gasteiger partial charge in [0.05, 0.1) is 5.69 Å². The molecule has 0 bridgehead atoms. The lowest BCUT2D eigenvalue weighted by molar-refractivity contribution is 0.390. The lowest BCUT2D eigenvalue weighted by atomic mass is 10.1. The fraction of sp³-hybridized carbons (Fsp3) is 0.231. The molecule has 1 aromatic carbocycles. The number of aryl methyl sites for hydroxylation is 3. The number of hydrogen-bond acceptors (Lipinski definition) is 5. The van der Waals surface area contributed by atoms with Gasteiger partial charge in [0.25, 0.3) is 10.0 Å². The van der Waals surface area contributed by atoms with Crippen LogP contribution in [0.3, 0.4) is 0 Å². The first-order valence-corrected chi connectivity index (χ1v) is 7.97. The molecule has 0 aliphatic carbocycles. The Labute approximate surface area is 128 Å². The van der Waals surface area contributed by atoms with Crippen LogP contribution >= 0.6 is 12.2 Å². The molecule has 8 heteroatoms. The van der Waals surface area contributed by atoms with Gasteiger partial charge in [-0.25, -0.2) is 8.42 Å². The monoisotopic (exact) mass is 325 g/mol. The van der Waals surface area contributed by atoms with E-state index >= 15 is 0 Å². The fourth-order valence-corrected chi connectivity index (χ4v) is 3.52. The largest absolute Gasteiger partial charge is 0.389 e. The molecule has 1 heterocycles. The van der Waals surface area contributed by atoms with Crippen molar-refractivity contribution in [2.24, 2.45) is 5.73 Å². The molecule has 2 aromatic rings. The third-order valence-electron chi connectivity index (χ3n) is 3.00. The van der Waals surface area contributed by atoms with Crippen molar-refractivity contribution >= 4 is 32.9 Å². The van der Waals surface area contributed by atoms with Gasteiger partial charge in [-0.1, -0.05) is 29.5 Å². The fourth-order valence-electron chi connectivity index (χ4n) is 1.94. The van der Waals surface area contributed by atoms with Gasteiger partial charge in [-0.2, -0.15) is 0 Å². The number of sulfonamides is 1. The molecular formula is C13H15N3O3S2. The molecular weight excluding hydrogens is 310 g/mol. The van der Waals surface area contributed by atoms with E-state index < -0.39 is 10.0 Å². The van der Waals surface area contributed by atoms with E-state index in [4.69, 9.17) is 22.5 Å². The van der Waals surface area contributed by atoms with E-state index in [2.05, 4.69) is 9.88 Å². The van der Waals surface area contributed by atoms with Crippen LogP contribution in [0.5, 0.6) is 0 Å². The quantitative estimate of drug-likeness (QED) is 0.835. The highest BCUT2D eigenvalue weighted by molar-refractivity contribution is 7.92. The Hall–Kier alpha value is -1.93. The predicted octanol–water partition coefficient (Wildman–Crippen LogP) is 2.03. The van der Waals surface area contributed by atoms with Crippen molar-refractivity contribution in [3.63, 3.8) is 0 Å². The molecule has 0 radical (unpaired) electrons. The van der Waals surface area contributed by atoms with Crippen LogP contribution in [-0.4, -0.2) is 18.6 Å². The molecule has 0 aliphatic heterocycles. The normalized spacial score (nSPS) is 11.4. The summed E-state index contributed by atoms with van der Waals surface area (Å²) in [6, 6.07) is 5.10. The molecule has 0 saturated carbocycles. The summed E-state index contributed by atoms with van der Waals surface area (Å²) in [7, 11) is -3.79. The van der Waals surface area contributed by atoms with Crippen molar-refractivity contribution in [2.45, 2.75) is 25.7 Å². The standard InChI is InChI=1S/C13H15N3O3S2/c1-7-4-5-10(13(14)20)6-11(7)16-21(17,18)12-8(2)15-19-9(12)3/h4-6,16H,1-3H3,(H2,14,20). The van der Waals surface area contributed by atoms with E-state index in [-0.39, 0.29) is 15.6 Å². The van der Waals surface area contributed by atoms with E-state index in [0.717, 1.165) is 5.56 Å². The van der Waals surface area contributed by atoms with Crippen LogP contribution < -0.4 is 10.5 Å². The maximum absolute atomic E-state index is 12.5. The number of thiocarbonyl (C=S) groups is 1. The van der Waals surface area contributed by atoms with Gasteiger partial charge in [0.15, 0.2) is 10.7 Å². The first-order valence-electron chi connectivity index (χ1n) is 6.08. The lowest BCUT2D eigenvalue weighted by Crippen LogP contribution is -2.16. The van der Waals surface area contributed by atoms with Crippen molar-refractivity contribution < 1.29 is 12.9 Å². The van der Waals surface area contributed by atoms with Crippen LogP contribution in [0.2, 0.25) is 0 Å². The van der Waals surface area contributed by atoms with E-state index in [1.165, 1.54) is 0 Å². The third kappa shape index (κ3) is 3.06. The van der Waals surface area contributed by atoms with E-state index in [0.29, 0.717) is 16.9 Å². The number of nitrogens with two attached hydrogens (primary N) is 1. The van der Waals surface area contributed by atoms with Gasteiger partial charge in [0, 0.05) is 5.56 Å². The van der Waals surface area contributed by atoms with Gasteiger partial charge in [0.1, 0.15) is 10.7 Å². The number of anilines is 1. The van der Waals surface area contributed by atoms with E-state index in [1.807, 2.05) is 0 Å². The minimum absolute atomic E-state index is 0.0441. The highest BCUT2D eigenvalue weighted by Crippen LogP contribution is 2.24. The SMILES string of the molecule is Cc1ccc(C(N)=S)cc1NS(=O)(=O)c1c(C)noc1C. The van der Waals surface area contributed by atoms with Crippen molar-refractivity contribution in [1.29, 1.82) is 0 Å². The minimum atomic E-state index is -3.79. The number of hydrogen-bond donors (Lipinski definition) is 2. The molecule has 112 valence electrons. The van der Waals surface area contributed by atoms with Crippen LogP contribution in [-0.2, 0) is 10.0 Å². The highest BCUT2D eigenvalue weighted by Gasteiger charge is 2.24. The van der Waals surface area contributed by atoms with Crippen LogP contribution in [0.15, 0.2) is 27.6 Å². The van der Waals surface area contributed by atoms with Gasteiger partial charge < -0.3 is 10.3 Å². The van der Waals surface area contributed by atoms with Crippen LogP contribution in [0, 0.1) is 20.8 Å². The van der Waals surface area contributed by atoms with Crippen molar-refractivity contribution in [3.8, 4) is 0 Å². The van der Waals surface area contributed by atoms with Crippen LogP contribution in [0.4, 0.5) is 5.69 Å². The number of benzene rings is 1. The Morgan fingerprint density at radius 3 is 2.52 bits per heavy atom. The predicted molar refractivity (Wildman–Crippen MR) is 83.9 cm³/mol. The number of aromatic nitrogens is 1. The van der Waals surface area contributed by atoms with Crippen molar-refractivity contribution in [3.05, 3.63) is 40.8 Å². The molecule has 0 spiro atoms. The summed E-state index contributed by atoms with van der Waals surface area (Å²) < 4.78 is 32.3. The molecule has 1 aromatic heterocycles. The molecule has 0 unspecified atom stereocenters. The summed E-state index contributed by atoms with van der Waals surface area (Å²) in [5.41, 5.74) is 7.64. The summed E-state index contributed by atoms with van der Waals surface area (Å²) in [6.07, 6.45) is 0. The van der Waals surface area contributed by atoms with E-state index in [9.17, 15) is 8.42 Å². The molecule has 0 amide bonds. The van der Waals surface area contributed by atoms with Gasteiger partial charge in [-0.15, -0.1) is 0 Å². The molecule has 2 rings (SSSR count). The maximum atomic E-state index is 12.5. The van der Waals surface area contributed by atoms with Gasteiger partial charge in [-0.05, 0) is 32.4 Å². The number of rotatable bonds is 4. The second-order valence-electron chi connectivity index (χ2n) is 4.65. The van der Waals surface area contributed by atoms with Gasteiger partial charge in [-0.3, -0.25) is 4.72 Å². The van der Waals surface area contributed by atoms with E-state index in [1.54, 1.807) is 39.0 Å². The second-order valence-corrected chi connectivity index (χ2v) is 6.71. The third-order valence-corrected chi connectivity index (χ3v) is 4.85. The topological polar surface area (TPSA) is 98.2 Å². The molecule has 21 heavy (non-hydrogen) atoms. The summed E-state index contributed by atoms with van der Waals surface area (Å²) in [5.74, 6) is 0.239. The zero-order chi connectivity index (χ0) is 15.8. The Morgan fingerprint density at radius 1 is 1.33 bits per heavy atom. The Bertz CT molecular complexity index is 791. The molecule has 6 nitrogen and oxygen atoms in total. The van der Waals surface area contributed by atoms with Crippen LogP contribution in [0.25, 0.3) is 0 Å². The Kier molecular flexibility index (Phi) is 4.02. The summed E-state index contributed by atoms with van der Waals surface area (Å²) >= 11 is 4.90. The molecule has 0 saturated heterocycles. The summed E-state index contributed by atoms with van der Waals surface area (Å²) in [4.78, 5) is 0.246. The van der Waals surface area contributed by atoms with Crippen molar-refractivity contribution in [1.82, 2.24) is 5.16 Å². The zero-order valence-electron chi connectivity index (χ0n) is 11.8. The summed E-state index contributed by atoms with van der Waals surface area (Å²) in [5, 5.41) is 3.66. The van der Waals surface area contributed by atoms with Gasteiger partial charge in [0.2, 0.25) is 0 Å². The first-order chi connectivity index (χ1) is 9.72. The molecule has 3 N–H and O–H groups in total. The summed E-state index contributed by atoms with van der Waals surface area (Å²) in [6.45, 7) is 4.91. The second kappa shape index (κ2) is 5.45.